The number of amides is 1. The fraction of sp³-hybridized carbons (Fsp3) is 0.300. The maximum Gasteiger partial charge on any atom is 0.234 e. The molecule has 0 bridgehead atoms. The molecule has 0 radical (unpaired) electrons. The van der Waals surface area contributed by atoms with E-state index in [9.17, 15) is 14.9 Å². The summed E-state index contributed by atoms with van der Waals surface area (Å²) in [5, 5.41) is 12.7. The first-order valence-electron chi connectivity index (χ1n) is 8.27. The topological polar surface area (TPSA) is 82.8 Å². The van der Waals surface area contributed by atoms with Crippen LogP contribution in [0, 0.1) is 18.3 Å². The predicted molar refractivity (Wildman–Crippen MR) is 104 cm³/mol. The fourth-order valence-electron chi connectivity index (χ4n) is 2.56. The number of pyridine rings is 1. The van der Waals surface area contributed by atoms with Crippen LogP contribution >= 0.6 is 11.8 Å². The largest absolute Gasteiger partial charge is 0.325 e. The molecule has 26 heavy (non-hydrogen) atoms. The van der Waals surface area contributed by atoms with Crippen LogP contribution in [0.2, 0.25) is 0 Å². The molecule has 0 fully saturated rings. The van der Waals surface area contributed by atoms with Crippen LogP contribution in [0.15, 0.2) is 35.4 Å². The summed E-state index contributed by atoms with van der Waals surface area (Å²) in [6.45, 7) is 7.31. The minimum absolute atomic E-state index is 0.132. The van der Waals surface area contributed by atoms with Crippen LogP contribution in [0.1, 0.15) is 53.9 Å². The van der Waals surface area contributed by atoms with Gasteiger partial charge in [0.05, 0.1) is 11.3 Å². The number of benzene rings is 1. The molecule has 1 aromatic heterocycles. The number of nitrogens with zero attached hydrogens (tertiary/aromatic N) is 2. The number of para-hydroxylation sites is 1. The molecule has 0 aliphatic rings. The van der Waals surface area contributed by atoms with Crippen molar-refractivity contribution < 1.29 is 9.59 Å². The molecule has 0 unspecified atom stereocenters. The molecule has 0 saturated carbocycles. The molecule has 1 aromatic carbocycles. The highest BCUT2D eigenvalue weighted by atomic mass is 32.2. The first kappa shape index (κ1) is 19.7. The molecule has 134 valence electrons. The van der Waals surface area contributed by atoms with Gasteiger partial charge in [-0.3, -0.25) is 9.59 Å². The van der Waals surface area contributed by atoms with Gasteiger partial charge in [-0.25, -0.2) is 4.98 Å². The first-order valence-corrected chi connectivity index (χ1v) is 9.26. The van der Waals surface area contributed by atoms with Crippen molar-refractivity contribution in [1.82, 2.24) is 4.98 Å². The first-order chi connectivity index (χ1) is 12.3. The number of aromatic nitrogens is 1. The third-order valence-electron chi connectivity index (χ3n) is 3.87. The predicted octanol–water partition coefficient (Wildman–Crippen LogP) is 4.32. The number of Topliss-reactive ketones (excluding diaryl/α,β-unsaturated/α-hetero) is 1. The van der Waals surface area contributed by atoms with Gasteiger partial charge in [-0.05, 0) is 37.5 Å². The Hall–Kier alpha value is -2.65. The Morgan fingerprint density at radius 3 is 2.62 bits per heavy atom. The molecular weight excluding hydrogens is 346 g/mol. The van der Waals surface area contributed by atoms with Crippen molar-refractivity contribution in [3.63, 3.8) is 0 Å². The summed E-state index contributed by atoms with van der Waals surface area (Å²) >= 11 is 1.19. The lowest BCUT2D eigenvalue weighted by Crippen LogP contribution is -2.16. The minimum atomic E-state index is -0.165. The highest BCUT2D eigenvalue weighted by molar-refractivity contribution is 8.00. The third-order valence-corrected chi connectivity index (χ3v) is 4.87. The number of nitrogens with one attached hydrogen (secondary N) is 1. The molecule has 0 aliphatic carbocycles. The van der Waals surface area contributed by atoms with Gasteiger partial charge < -0.3 is 5.32 Å². The van der Waals surface area contributed by atoms with Crippen LogP contribution in [-0.4, -0.2) is 22.4 Å². The maximum atomic E-state index is 12.3. The second kappa shape index (κ2) is 8.63. The summed E-state index contributed by atoms with van der Waals surface area (Å²) in [6.07, 6.45) is 0. The number of anilines is 1. The lowest BCUT2D eigenvalue weighted by atomic mass is 10.0. The van der Waals surface area contributed by atoms with Gasteiger partial charge in [0.15, 0.2) is 5.78 Å². The van der Waals surface area contributed by atoms with Gasteiger partial charge in [-0.15, -0.1) is 0 Å². The number of hydrogen-bond donors (Lipinski definition) is 1. The average molecular weight is 367 g/mol. The van der Waals surface area contributed by atoms with Crippen LogP contribution in [0.4, 0.5) is 5.69 Å². The lowest BCUT2D eigenvalue weighted by molar-refractivity contribution is -0.113. The van der Waals surface area contributed by atoms with Gasteiger partial charge in [-0.1, -0.05) is 43.8 Å². The Morgan fingerprint density at radius 1 is 1.31 bits per heavy atom. The summed E-state index contributed by atoms with van der Waals surface area (Å²) in [5.74, 6) is 0.133. The Morgan fingerprint density at radius 2 is 2.00 bits per heavy atom. The Bertz CT molecular complexity index is 885. The van der Waals surface area contributed by atoms with E-state index in [1.165, 1.54) is 18.7 Å². The zero-order valence-electron chi connectivity index (χ0n) is 15.3. The number of thioether (sulfide) groups is 1. The third kappa shape index (κ3) is 4.70. The van der Waals surface area contributed by atoms with E-state index in [4.69, 9.17) is 0 Å². The van der Waals surface area contributed by atoms with Crippen LogP contribution in [0.3, 0.4) is 0 Å². The number of carbonyl (C=O) groups excluding carboxylic acids is 2. The monoisotopic (exact) mass is 367 g/mol. The smallest absolute Gasteiger partial charge is 0.234 e. The lowest BCUT2D eigenvalue weighted by Gasteiger charge is -2.13. The minimum Gasteiger partial charge on any atom is -0.325 e. The van der Waals surface area contributed by atoms with E-state index in [0.717, 1.165) is 11.3 Å². The number of hydrogen-bond acceptors (Lipinski definition) is 5. The number of carbonyl (C=O) groups is 2. The van der Waals surface area contributed by atoms with Gasteiger partial charge in [-0.2, -0.15) is 5.26 Å². The van der Waals surface area contributed by atoms with Crippen molar-refractivity contribution in [3.8, 4) is 6.07 Å². The Labute approximate surface area is 157 Å². The fourth-order valence-corrected chi connectivity index (χ4v) is 3.37. The Balaban J connectivity index is 2.12. The van der Waals surface area contributed by atoms with E-state index >= 15 is 0 Å². The van der Waals surface area contributed by atoms with Gasteiger partial charge in [0.25, 0.3) is 0 Å². The standard InChI is InChI=1S/C20H21N3O2S/c1-12(2)16-7-5-6-8-18(16)23-19(25)11-26-20-15(10-21)9-17(14(4)24)13(3)22-20/h5-9,12H,11H2,1-4H3,(H,23,25). The van der Waals surface area contributed by atoms with Crippen LogP contribution in [0.25, 0.3) is 0 Å². The van der Waals surface area contributed by atoms with E-state index in [2.05, 4.69) is 24.1 Å². The van der Waals surface area contributed by atoms with E-state index in [-0.39, 0.29) is 17.4 Å². The summed E-state index contributed by atoms with van der Waals surface area (Å²) < 4.78 is 0. The van der Waals surface area contributed by atoms with Crippen molar-refractivity contribution in [2.75, 3.05) is 11.1 Å². The van der Waals surface area contributed by atoms with Crippen molar-refractivity contribution in [2.45, 2.75) is 38.6 Å². The van der Waals surface area contributed by atoms with Crippen molar-refractivity contribution >= 4 is 29.1 Å². The van der Waals surface area contributed by atoms with E-state index in [1.54, 1.807) is 13.0 Å². The molecule has 1 amide bonds. The van der Waals surface area contributed by atoms with Crippen molar-refractivity contribution in [3.05, 3.63) is 52.7 Å². The molecule has 0 spiro atoms. The molecule has 5 nitrogen and oxygen atoms in total. The molecule has 1 N–H and O–H groups in total. The SMILES string of the molecule is CC(=O)c1cc(C#N)c(SCC(=O)Nc2ccccc2C(C)C)nc1C. The van der Waals surface area contributed by atoms with E-state index in [0.29, 0.717) is 27.8 Å². The molecule has 2 rings (SSSR count). The zero-order chi connectivity index (χ0) is 19.3. The summed E-state index contributed by atoms with van der Waals surface area (Å²) in [6, 6.07) is 11.3. The Kier molecular flexibility index (Phi) is 6.53. The molecule has 0 aliphatic heterocycles. The van der Waals surface area contributed by atoms with Gasteiger partial charge in [0, 0.05) is 16.9 Å². The number of aryl methyl sites for hydroxylation is 1. The van der Waals surface area contributed by atoms with Crippen molar-refractivity contribution in [1.29, 1.82) is 5.26 Å². The average Bonchev–Trinajstić information content (AvgIpc) is 2.60. The zero-order valence-corrected chi connectivity index (χ0v) is 16.1. The maximum absolute atomic E-state index is 12.3. The molecular formula is C20H21N3O2S. The van der Waals surface area contributed by atoms with Crippen molar-refractivity contribution in [2.24, 2.45) is 0 Å². The summed E-state index contributed by atoms with van der Waals surface area (Å²) in [5.41, 5.74) is 3.17. The van der Waals surface area contributed by atoms with E-state index < -0.39 is 0 Å². The quantitative estimate of drug-likeness (QED) is 0.607. The van der Waals surface area contributed by atoms with Crippen LogP contribution < -0.4 is 5.32 Å². The van der Waals surface area contributed by atoms with Gasteiger partial charge in [0.2, 0.25) is 5.91 Å². The highest BCUT2D eigenvalue weighted by Gasteiger charge is 2.15. The van der Waals surface area contributed by atoms with Crippen LogP contribution in [0.5, 0.6) is 0 Å². The second-order valence-corrected chi connectivity index (χ2v) is 7.18. The molecule has 2 aromatic rings. The summed E-state index contributed by atoms with van der Waals surface area (Å²) in [4.78, 5) is 28.2. The molecule has 6 heteroatoms. The number of nitriles is 1. The number of rotatable bonds is 6. The van der Waals surface area contributed by atoms with Crippen LogP contribution in [-0.2, 0) is 4.79 Å². The van der Waals surface area contributed by atoms with E-state index in [1.807, 2.05) is 30.3 Å². The molecule has 0 atom stereocenters. The normalized spacial score (nSPS) is 10.5. The molecule has 0 saturated heterocycles. The van der Waals surface area contributed by atoms with Gasteiger partial charge in [0.1, 0.15) is 11.1 Å². The second-order valence-electron chi connectivity index (χ2n) is 6.22. The molecule has 1 heterocycles. The highest BCUT2D eigenvalue weighted by Crippen LogP contribution is 2.26. The van der Waals surface area contributed by atoms with Gasteiger partial charge >= 0.3 is 0 Å². The number of ketones is 1. The summed E-state index contributed by atoms with van der Waals surface area (Å²) in [7, 11) is 0.